The third-order valence-corrected chi connectivity index (χ3v) is 3.03. The molecule has 0 aliphatic carbocycles. The third-order valence-electron chi connectivity index (χ3n) is 3.03. The number of nitrogens with one attached hydrogen (secondary N) is 1. The third kappa shape index (κ3) is 5.82. The Labute approximate surface area is 118 Å². The highest BCUT2D eigenvalue weighted by Gasteiger charge is 2.15. The quantitative estimate of drug-likeness (QED) is 0.805. The molecule has 0 radical (unpaired) electrons. The first-order chi connectivity index (χ1) is 9.38. The molecular formula is C15H20FNO3. The average molecular weight is 281 g/mol. The molecule has 0 saturated carbocycles. The number of amides is 1. The number of carbonyl (C=O) groups is 2. The topological polar surface area (TPSA) is 66.4 Å². The van der Waals surface area contributed by atoms with E-state index in [4.69, 9.17) is 5.11 Å². The van der Waals surface area contributed by atoms with Crippen LogP contribution >= 0.6 is 0 Å². The summed E-state index contributed by atoms with van der Waals surface area (Å²) in [6, 6.07) is 6.17. The zero-order valence-corrected chi connectivity index (χ0v) is 11.7. The van der Waals surface area contributed by atoms with E-state index in [1.165, 1.54) is 12.1 Å². The average Bonchev–Trinajstić information content (AvgIpc) is 2.35. The maximum absolute atomic E-state index is 13.0. The number of rotatable bonds is 7. The van der Waals surface area contributed by atoms with Gasteiger partial charge in [-0.15, -0.1) is 0 Å². The SMILES string of the molecule is CC(CNC(=O)C(C)Cc1cccc(F)c1)CC(=O)O. The minimum absolute atomic E-state index is 0.0263. The van der Waals surface area contributed by atoms with Gasteiger partial charge in [0.2, 0.25) is 5.91 Å². The maximum atomic E-state index is 13.0. The second-order valence-electron chi connectivity index (χ2n) is 5.18. The van der Waals surface area contributed by atoms with Gasteiger partial charge in [-0.2, -0.15) is 0 Å². The first-order valence-corrected chi connectivity index (χ1v) is 6.62. The van der Waals surface area contributed by atoms with Crippen molar-refractivity contribution in [1.29, 1.82) is 0 Å². The molecule has 2 atom stereocenters. The molecule has 1 aromatic rings. The van der Waals surface area contributed by atoms with Crippen molar-refractivity contribution in [2.45, 2.75) is 26.7 Å². The Balaban J connectivity index is 2.41. The molecule has 0 bridgehead atoms. The molecule has 1 amide bonds. The van der Waals surface area contributed by atoms with E-state index in [9.17, 15) is 14.0 Å². The van der Waals surface area contributed by atoms with Crippen molar-refractivity contribution in [3.8, 4) is 0 Å². The van der Waals surface area contributed by atoms with Gasteiger partial charge in [-0.3, -0.25) is 9.59 Å². The summed E-state index contributed by atoms with van der Waals surface area (Å²) in [5.41, 5.74) is 0.770. The van der Waals surface area contributed by atoms with Gasteiger partial charge in [-0.25, -0.2) is 4.39 Å². The van der Waals surface area contributed by atoms with Gasteiger partial charge in [0.25, 0.3) is 0 Å². The number of carboxylic acid groups (broad SMARTS) is 1. The van der Waals surface area contributed by atoms with Crippen molar-refractivity contribution >= 4 is 11.9 Å². The van der Waals surface area contributed by atoms with Crippen LogP contribution in [0, 0.1) is 17.7 Å². The molecule has 4 nitrogen and oxygen atoms in total. The Morgan fingerprint density at radius 3 is 2.65 bits per heavy atom. The van der Waals surface area contributed by atoms with Crippen molar-refractivity contribution in [3.05, 3.63) is 35.6 Å². The fraction of sp³-hybridized carbons (Fsp3) is 0.467. The van der Waals surface area contributed by atoms with Gasteiger partial charge in [0.1, 0.15) is 5.82 Å². The Hall–Kier alpha value is -1.91. The molecule has 1 aromatic carbocycles. The number of hydrogen-bond donors (Lipinski definition) is 2. The summed E-state index contributed by atoms with van der Waals surface area (Å²) in [7, 11) is 0. The van der Waals surface area contributed by atoms with E-state index in [0.717, 1.165) is 5.56 Å². The van der Waals surface area contributed by atoms with Crippen LogP contribution in [0.4, 0.5) is 4.39 Å². The molecule has 0 aliphatic heterocycles. The van der Waals surface area contributed by atoms with Gasteiger partial charge in [-0.1, -0.05) is 26.0 Å². The molecule has 5 heteroatoms. The lowest BCUT2D eigenvalue weighted by molar-refractivity contribution is -0.138. The molecule has 2 unspecified atom stereocenters. The minimum atomic E-state index is -0.875. The normalized spacial score (nSPS) is 13.6. The summed E-state index contributed by atoms with van der Waals surface area (Å²) < 4.78 is 13.0. The van der Waals surface area contributed by atoms with E-state index in [-0.39, 0.29) is 30.0 Å². The Bertz CT molecular complexity index is 476. The van der Waals surface area contributed by atoms with E-state index >= 15 is 0 Å². The maximum Gasteiger partial charge on any atom is 0.303 e. The largest absolute Gasteiger partial charge is 0.481 e. The highest BCUT2D eigenvalue weighted by Crippen LogP contribution is 2.10. The van der Waals surface area contributed by atoms with Crippen molar-refractivity contribution in [2.75, 3.05) is 6.54 Å². The molecule has 1 rings (SSSR count). The van der Waals surface area contributed by atoms with E-state index < -0.39 is 5.97 Å². The van der Waals surface area contributed by atoms with Gasteiger partial charge >= 0.3 is 5.97 Å². The van der Waals surface area contributed by atoms with Gasteiger partial charge < -0.3 is 10.4 Å². The number of aliphatic carboxylic acids is 1. The summed E-state index contributed by atoms with van der Waals surface area (Å²) in [4.78, 5) is 22.4. The summed E-state index contributed by atoms with van der Waals surface area (Å²) >= 11 is 0. The summed E-state index contributed by atoms with van der Waals surface area (Å²) in [6.45, 7) is 3.87. The molecule has 0 aliphatic rings. The van der Waals surface area contributed by atoms with Gasteiger partial charge in [0.05, 0.1) is 0 Å². The van der Waals surface area contributed by atoms with Crippen molar-refractivity contribution in [3.63, 3.8) is 0 Å². The van der Waals surface area contributed by atoms with Gasteiger partial charge in [0, 0.05) is 18.9 Å². The number of carbonyl (C=O) groups excluding carboxylic acids is 1. The molecular weight excluding hydrogens is 261 g/mol. The predicted octanol–water partition coefficient (Wildman–Crippen LogP) is 2.23. The second-order valence-corrected chi connectivity index (χ2v) is 5.18. The second kappa shape index (κ2) is 7.62. The Kier molecular flexibility index (Phi) is 6.15. The summed E-state index contributed by atoms with van der Waals surface area (Å²) in [6.07, 6.45) is 0.482. The van der Waals surface area contributed by atoms with Crippen LogP contribution in [0.25, 0.3) is 0 Å². The van der Waals surface area contributed by atoms with Crippen LogP contribution in [0.3, 0.4) is 0 Å². The molecule has 0 spiro atoms. The van der Waals surface area contributed by atoms with Crippen molar-refractivity contribution in [1.82, 2.24) is 5.32 Å². The molecule has 20 heavy (non-hydrogen) atoms. The van der Waals surface area contributed by atoms with E-state index in [1.54, 1.807) is 26.0 Å². The molecule has 0 heterocycles. The van der Waals surface area contributed by atoms with Crippen LogP contribution in [0.15, 0.2) is 24.3 Å². The zero-order chi connectivity index (χ0) is 15.1. The van der Waals surface area contributed by atoms with Gasteiger partial charge in [0.15, 0.2) is 0 Å². The Morgan fingerprint density at radius 2 is 2.05 bits per heavy atom. The monoisotopic (exact) mass is 281 g/mol. The summed E-state index contributed by atoms with van der Waals surface area (Å²) in [5.74, 6) is -1.73. The highest BCUT2D eigenvalue weighted by atomic mass is 19.1. The fourth-order valence-corrected chi connectivity index (χ4v) is 1.93. The van der Waals surface area contributed by atoms with Gasteiger partial charge in [-0.05, 0) is 30.0 Å². The van der Waals surface area contributed by atoms with Crippen LogP contribution < -0.4 is 5.32 Å². The molecule has 0 fully saturated rings. The fourth-order valence-electron chi connectivity index (χ4n) is 1.93. The van der Waals surface area contributed by atoms with Crippen molar-refractivity contribution in [2.24, 2.45) is 11.8 Å². The molecule has 0 saturated heterocycles. The standard InChI is InChI=1S/C15H20FNO3/c1-10(6-14(18)19)9-17-15(20)11(2)7-12-4-3-5-13(16)8-12/h3-5,8,10-11H,6-7,9H2,1-2H3,(H,17,20)(H,18,19). The van der Waals surface area contributed by atoms with Crippen LogP contribution in [-0.2, 0) is 16.0 Å². The first-order valence-electron chi connectivity index (χ1n) is 6.62. The smallest absolute Gasteiger partial charge is 0.303 e. The van der Waals surface area contributed by atoms with Crippen LogP contribution in [0.1, 0.15) is 25.8 Å². The number of benzene rings is 1. The number of hydrogen-bond acceptors (Lipinski definition) is 2. The van der Waals surface area contributed by atoms with E-state index in [2.05, 4.69) is 5.32 Å². The Morgan fingerprint density at radius 1 is 1.35 bits per heavy atom. The predicted molar refractivity (Wildman–Crippen MR) is 73.7 cm³/mol. The lowest BCUT2D eigenvalue weighted by atomic mass is 10.00. The molecule has 2 N–H and O–H groups in total. The molecule has 0 aromatic heterocycles. The lowest BCUT2D eigenvalue weighted by Gasteiger charge is -2.15. The van der Waals surface area contributed by atoms with Crippen LogP contribution in [-0.4, -0.2) is 23.5 Å². The van der Waals surface area contributed by atoms with Crippen LogP contribution in [0.2, 0.25) is 0 Å². The summed E-state index contributed by atoms with van der Waals surface area (Å²) in [5, 5.41) is 11.4. The van der Waals surface area contributed by atoms with Crippen LogP contribution in [0.5, 0.6) is 0 Å². The lowest BCUT2D eigenvalue weighted by Crippen LogP contribution is -2.34. The zero-order valence-electron chi connectivity index (χ0n) is 11.7. The molecule has 110 valence electrons. The van der Waals surface area contributed by atoms with E-state index in [1.807, 2.05) is 0 Å². The highest BCUT2D eigenvalue weighted by molar-refractivity contribution is 5.78. The van der Waals surface area contributed by atoms with Crippen molar-refractivity contribution < 1.29 is 19.1 Å². The number of halogens is 1. The number of carboxylic acids is 1. The minimum Gasteiger partial charge on any atom is -0.481 e. The van der Waals surface area contributed by atoms with E-state index in [0.29, 0.717) is 13.0 Å². The first kappa shape index (κ1) is 16.1.